The zero-order valence-electron chi connectivity index (χ0n) is 11.9. The fourth-order valence-electron chi connectivity index (χ4n) is 2.05. The first-order valence-corrected chi connectivity index (χ1v) is 7.12. The zero-order valence-corrected chi connectivity index (χ0v) is 12.7. The maximum absolute atomic E-state index is 14.6. The van der Waals surface area contributed by atoms with E-state index in [0.717, 1.165) is 6.21 Å². The van der Waals surface area contributed by atoms with Crippen molar-refractivity contribution in [2.24, 2.45) is 5.73 Å². The Hall–Kier alpha value is -2.11. The highest BCUT2D eigenvalue weighted by molar-refractivity contribution is 6.35. The summed E-state index contributed by atoms with van der Waals surface area (Å²) in [6.07, 6.45) is 2.90. The van der Waals surface area contributed by atoms with E-state index in [1.165, 1.54) is 30.5 Å². The molecule has 0 saturated carbocycles. The summed E-state index contributed by atoms with van der Waals surface area (Å²) in [5.41, 5.74) is 6.53. The Kier molecular flexibility index (Phi) is 5.00. The van der Waals surface area contributed by atoms with E-state index in [2.05, 4.69) is 4.98 Å². The molecule has 4 nitrogen and oxygen atoms in total. The average Bonchev–Trinajstić information content (AvgIpc) is 2.54. The van der Waals surface area contributed by atoms with Gasteiger partial charge in [-0.3, -0.25) is 9.78 Å². The molecule has 3 N–H and O–H groups in total. The van der Waals surface area contributed by atoms with Crippen LogP contribution in [0.4, 0.5) is 4.39 Å². The van der Waals surface area contributed by atoms with Crippen molar-refractivity contribution in [3.8, 4) is 0 Å². The van der Waals surface area contributed by atoms with Crippen LogP contribution in [0, 0.1) is 11.2 Å². The van der Waals surface area contributed by atoms with Crippen LogP contribution in [0.3, 0.4) is 0 Å². The SMILES string of the molecule is CC[C@@H](N)c1ccc(Cl)c(C(=O)c2ccc(C=N)nc2)c1F. The minimum Gasteiger partial charge on any atom is -0.324 e. The van der Waals surface area contributed by atoms with Gasteiger partial charge in [-0.05, 0) is 24.6 Å². The van der Waals surface area contributed by atoms with Gasteiger partial charge >= 0.3 is 0 Å². The molecular weight excluding hydrogens is 305 g/mol. The average molecular weight is 320 g/mol. The van der Waals surface area contributed by atoms with E-state index in [1.807, 2.05) is 6.92 Å². The highest BCUT2D eigenvalue weighted by Crippen LogP contribution is 2.28. The van der Waals surface area contributed by atoms with Crippen LogP contribution in [0.5, 0.6) is 0 Å². The topological polar surface area (TPSA) is 79.8 Å². The minimum atomic E-state index is -0.692. The molecule has 0 bridgehead atoms. The smallest absolute Gasteiger partial charge is 0.199 e. The predicted octanol–water partition coefficient (Wildman–Crippen LogP) is 3.51. The van der Waals surface area contributed by atoms with Crippen LogP contribution in [-0.4, -0.2) is 17.0 Å². The first kappa shape index (κ1) is 16.3. The van der Waals surface area contributed by atoms with Gasteiger partial charge in [0.2, 0.25) is 0 Å². The summed E-state index contributed by atoms with van der Waals surface area (Å²) in [5, 5.41) is 7.12. The van der Waals surface area contributed by atoms with E-state index in [9.17, 15) is 9.18 Å². The van der Waals surface area contributed by atoms with Gasteiger partial charge < -0.3 is 11.1 Å². The van der Waals surface area contributed by atoms with Gasteiger partial charge in [-0.25, -0.2) is 4.39 Å². The number of pyridine rings is 1. The van der Waals surface area contributed by atoms with Crippen molar-refractivity contribution in [1.82, 2.24) is 4.98 Å². The Morgan fingerprint density at radius 1 is 1.45 bits per heavy atom. The van der Waals surface area contributed by atoms with Crippen molar-refractivity contribution >= 4 is 23.6 Å². The highest BCUT2D eigenvalue weighted by Gasteiger charge is 2.22. The number of hydrogen-bond acceptors (Lipinski definition) is 4. The van der Waals surface area contributed by atoms with Crippen LogP contribution >= 0.6 is 11.6 Å². The van der Waals surface area contributed by atoms with Gasteiger partial charge in [-0.15, -0.1) is 0 Å². The first-order valence-electron chi connectivity index (χ1n) is 6.74. The third-order valence-corrected chi connectivity index (χ3v) is 3.70. The second-order valence-corrected chi connectivity index (χ2v) is 5.19. The van der Waals surface area contributed by atoms with Crippen molar-refractivity contribution in [3.05, 3.63) is 63.7 Å². The predicted molar refractivity (Wildman–Crippen MR) is 84.2 cm³/mol. The molecule has 0 aliphatic carbocycles. The molecule has 1 heterocycles. The second kappa shape index (κ2) is 6.77. The molecule has 2 rings (SSSR count). The van der Waals surface area contributed by atoms with Crippen molar-refractivity contribution in [2.45, 2.75) is 19.4 Å². The lowest BCUT2D eigenvalue weighted by atomic mass is 9.97. The van der Waals surface area contributed by atoms with Crippen molar-refractivity contribution < 1.29 is 9.18 Å². The number of aromatic nitrogens is 1. The molecule has 0 aliphatic heterocycles. The van der Waals surface area contributed by atoms with Crippen molar-refractivity contribution in [2.75, 3.05) is 0 Å². The van der Waals surface area contributed by atoms with Crippen molar-refractivity contribution in [1.29, 1.82) is 5.41 Å². The number of carbonyl (C=O) groups excluding carboxylic acids is 1. The molecule has 0 saturated heterocycles. The third-order valence-electron chi connectivity index (χ3n) is 3.38. The van der Waals surface area contributed by atoms with Gasteiger partial charge in [0.05, 0.1) is 16.3 Å². The van der Waals surface area contributed by atoms with Gasteiger partial charge in [-0.1, -0.05) is 24.6 Å². The summed E-state index contributed by atoms with van der Waals surface area (Å²) in [6, 6.07) is 5.47. The number of hydrogen-bond donors (Lipinski definition) is 2. The summed E-state index contributed by atoms with van der Waals surface area (Å²) in [6.45, 7) is 1.83. The quantitative estimate of drug-likeness (QED) is 0.653. The molecule has 1 aromatic carbocycles. The first-order chi connectivity index (χ1) is 10.5. The molecule has 6 heteroatoms. The second-order valence-electron chi connectivity index (χ2n) is 4.79. The lowest BCUT2D eigenvalue weighted by molar-refractivity contribution is 0.103. The van der Waals surface area contributed by atoms with Crippen molar-refractivity contribution in [3.63, 3.8) is 0 Å². The van der Waals surface area contributed by atoms with E-state index in [4.69, 9.17) is 22.7 Å². The minimum absolute atomic E-state index is 0.0330. The zero-order chi connectivity index (χ0) is 16.3. The lowest BCUT2D eigenvalue weighted by Crippen LogP contribution is -2.15. The number of nitrogens with one attached hydrogen (secondary N) is 1. The fraction of sp³-hybridized carbons (Fsp3) is 0.188. The van der Waals surface area contributed by atoms with Gasteiger partial charge in [0.25, 0.3) is 0 Å². The van der Waals surface area contributed by atoms with E-state index in [0.29, 0.717) is 12.1 Å². The number of benzene rings is 1. The maximum atomic E-state index is 14.6. The molecule has 22 heavy (non-hydrogen) atoms. The molecule has 0 unspecified atom stereocenters. The number of ketones is 1. The molecule has 0 aliphatic rings. The number of nitrogens with two attached hydrogens (primary N) is 1. The molecule has 0 fully saturated rings. The number of halogens is 2. The van der Waals surface area contributed by atoms with E-state index < -0.39 is 17.6 Å². The Labute approximate surface area is 132 Å². The number of nitrogens with zero attached hydrogens (tertiary/aromatic N) is 1. The third kappa shape index (κ3) is 3.05. The summed E-state index contributed by atoms with van der Waals surface area (Å²) < 4.78 is 14.6. The standard InChI is InChI=1S/C16H15ClFN3O/c1-2-13(20)11-5-6-12(17)14(15(11)18)16(22)9-3-4-10(7-19)21-8-9/h3-8,13,19H,2,20H2,1H3/t13-/m1/s1. The van der Waals surface area contributed by atoms with E-state index in [-0.39, 0.29) is 21.7 Å². The summed E-state index contributed by atoms with van der Waals surface area (Å²) in [7, 11) is 0. The van der Waals surface area contributed by atoms with Crippen LogP contribution in [0.1, 0.15) is 46.6 Å². The molecule has 2 aromatic rings. The lowest BCUT2D eigenvalue weighted by Gasteiger charge is -2.14. The maximum Gasteiger partial charge on any atom is 0.199 e. The summed E-state index contributed by atoms with van der Waals surface area (Å²) >= 11 is 5.99. The van der Waals surface area contributed by atoms with Gasteiger partial charge in [0, 0.05) is 29.6 Å². The van der Waals surface area contributed by atoms with E-state index in [1.54, 1.807) is 0 Å². The summed E-state index contributed by atoms with van der Waals surface area (Å²) in [5.74, 6) is -1.25. The molecule has 114 valence electrons. The highest BCUT2D eigenvalue weighted by atomic mass is 35.5. The van der Waals surface area contributed by atoms with Gasteiger partial charge in [0.15, 0.2) is 5.78 Å². The van der Waals surface area contributed by atoms with Crippen LogP contribution in [0.25, 0.3) is 0 Å². The number of carbonyl (C=O) groups is 1. The molecular formula is C16H15ClFN3O. The normalized spacial score (nSPS) is 12.0. The van der Waals surface area contributed by atoms with Crippen LogP contribution in [0.2, 0.25) is 5.02 Å². The Morgan fingerprint density at radius 2 is 2.18 bits per heavy atom. The van der Waals surface area contributed by atoms with E-state index >= 15 is 0 Å². The Balaban J connectivity index is 2.50. The van der Waals surface area contributed by atoms with Gasteiger partial charge in [-0.2, -0.15) is 0 Å². The summed E-state index contributed by atoms with van der Waals surface area (Å²) in [4.78, 5) is 16.4. The number of rotatable bonds is 5. The molecule has 0 spiro atoms. The van der Waals surface area contributed by atoms with Gasteiger partial charge in [0.1, 0.15) is 5.82 Å². The molecule has 1 atom stereocenters. The Bertz CT molecular complexity index is 716. The van der Waals surface area contributed by atoms with Crippen LogP contribution < -0.4 is 5.73 Å². The van der Waals surface area contributed by atoms with Crippen LogP contribution in [0.15, 0.2) is 30.5 Å². The largest absolute Gasteiger partial charge is 0.324 e. The van der Waals surface area contributed by atoms with Crippen LogP contribution in [-0.2, 0) is 0 Å². The Morgan fingerprint density at radius 3 is 2.73 bits per heavy atom. The molecule has 0 radical (unpaired) electrons. The molecule has 1 aromatic heterocycles. The fourth-order valence-corrected chi connectivity index (χ4v) is 2.28. The molecule has 0 amide bonds. The monoisotopic (exact) mass is 319 g/mol.